The monoisotopic (exact) mass is 309 g/mol. The SMILES string of the molecule is [2H][C@@H](CC(=O)OC)[C@H]([2H])N(Cc1ccccc1)C(=O)OC(C)(C)C. The molecule has 0 saturated carbocycles. The molecule has 0 spiro atoms. The minimum atomic E-state index is -1.25. The number of carbonyl (C=O) groups is 2. The van der Waals surface area contributed by atoms with Crippen LogP contribution in [0, 0.1) is 0 Å². The van der Waals surface area contributed by atoms with Crippen LogP contribution in [-0.2, 0) is 20.8 Å². The summed E-state index contributed by atoms with van der Waals surface area (Å²) in [6.07, 6.45) is -2.08. The van der Waals surface area contributed by atoms with Crippen LogP contribution in [0.1, 0.15) is 41.9 Å². The van der Waals surface area contributed by atoms with Gasteiger partial charge in [0.05, 0.1) is 7.11 Å². The molecular formula is C17H25NO4. The Morgan fingerprint density at radius 1 is 1.23 bits per heavy atom. The Bertz CT molecular complexity index is 545. The van der Waals surface area contributed by atoms with E-state index in [9.17, 15) is 9.59 Å². The highest BCUT2D eigenvalue weighted by atomic mass is 16.6. The molecule has 122 valence electrons. The van der Waals surface area contributed by atoms with Gasteiger partial charge < -0.3 is 14.4 Å². The fourth-order valence-corrected chi connectivity index (χ4v) is 1.64. The molecule has 0 N–H and O–H groups in total. The fraction of sp³-hybridized carbons (Fsp3) is 0.529. The van der Waals surface area contributed by atoms with Crippen molar-refractivity contribution < 1.29 is 21.8 Å². The van der Waals surface area contributed by atoms with E-state index in [-0.39, 0.29) is 13.0 Å². The van der Waals surface area contributed by atoms with E-state index in [0.29, 0.717) is 0 Å². The topological polar surface area (TPSA) is 55.8 Å². The third kappa shape index (κ3) is 7.11. The van der Waals surface area contributed by atoms with Gasteiger partial charge in [-0.2, -0.15) is 0 Å². The summed E-state index contributed by atoms with van der Waals surface area (Å²) < 4.78 is 26.1. The maximum absolute atomic E-state index is 12.4. The highest BCUT2D eigenvalue weighted by Gasteiger charge is 2.22. The lowest BCUT2D eigenvalue weighted by molar-refractivity contribution is -0.140. The van der Waals surface area contributed by atoms with E-state index in [2.05, 4.69) is 4.74 Å². The van der Waals surface area contributed by atoms with Crippen LogP contribution in [0.2, 0.25) is 0 Å². The molecule has 1 amide bonds. The molecule has 0 aliphatic heterocycles. The van der Waals surface area contributed by atoms with Crippen molar-refractivity contribution in [1.29, 1.82) is 0 Å². The van der Waals surface area contributed by atoms with Gasteiger partial charge in [0, 0.05) is 22.2 Å². The molecule has 1 rings (SSSR count). The van der Waals surface area contributed by atoms with Crippen molar-refractivity contribution in [3.8, 4) is 0 Å². The van der Waals surface area contributed by atoms with Gasteiger partial charge in [-0.15, -0.1) is 0 Å². The predicted octanol–water partition coefficient (Wildman–Crippen LogP) is 3.38. The van der Waals surface area contributed by atoms with E-state index in [4.69, 9.17) is 7.48 Å². The van der Waals surface area contributed by atoms with Crippen molar-refractivity contribution in [2.24, 2.45) is 0 Å². The molecular weight excluding hydrogens is 282 g/mol. The van der Waals surface area contributed by atoms with Crippen molar-refractivity contribution in [2.75, 3.05) is 13.6 Å². The number of hydrogen-bond donors (Lipinski definition) is 0. The van der Waals surface area contributed by atoms with E-state index < -0.39 is 30.6 Å². The number of methoxy groups -OCH3 is 1. The number of ether oxygens (including phenoxy) is 2. The molecule has 0 radical (unpaired) electrons. The van der Waals surface area contributed by atoms with Gasteiger partial charge in [-0.25, -0.2) is 4.79 Å². The average Bonchev–Trinajstić information content (AvgIpc) is 2.51. The van der Waals surface area contributed by atoms with Crippen LogP contribution in [0.15, 0.2) is 30.3 Å². The molecule has 0 saturated heterocycles. The Morgan fingerprint density at radius 2 is 1.86 bits per heavy atom. The zero-order valence-corrected chi connectivity index (χ0v) is 13.5. The molecule has 0 heterocycles. The van der Waals surface area contributed by atoms with E-state index in [1.807, 2.05) is 30.3 Å². The van der Waals surface area contributed by atoms with Gasteiger partial charge in [-0.05, 0) is 32.7 Å². The van der Waals surface area contributed by atoms with Gasteiger partial charge in [0.2, 0.25) is 0 Å². The Morgan fingerprint density at radius 3 is 2.41 bits per heavy atom. The summed E-state index contributed by atoms with van der Waals surface area (Å²) in [6.45, 7) is 4.07. The first-order chi connectivity index (χ1) is 11.1. The maximum atomic E-state index is 12.4. The predicted molar refractivity (Wildman–Crippen MR) is 84.3 cm³/mol. The van der Waals surface area contributed by atoms with Crippen LogP contribution in [0.5, 0.6) is 0 Å². The quantitative estimate of drug-likeness (QED) is 0.756. The van der Waals surface area contributed by atoms with Crippen LogP contribution in [-0.4, -0.2) is 36.2 Å². The second-order valence-electron chi connectivity index (χ2n) is 5.76. The molecule has 5 heteroatoms. The van der Waals surface area contributed by atoms with Crippen LogP contribution in [0.3, 0.4) is 0 Å². The summed E-state index contributed by atoms with van der Waals surface area (Å²) in [6, 6.07) is 9.15. The molecule has 1 aromatic carbocycles. The lowest BCUT2D eigenvalue weighted by Gasteiger charge is -2.27. The normalized spacial score (nSPS) is 15.1. The summed E-state index contributed by atoms with van der Waals surface area (Å²) in [7, 11) is 1.23. The maximum Gasteiger partial charge on any atom is 0.410 e. The number of carbonyl (C=O) groups excluding carboxylic acids is 2. The van der Waals surface area contributed by atoms with Crippen molar-refractivity contribution in [3.63, 3.8) is 0 Å². The summed E-state index contributed by atoms with van der Waals surface area (Å²) in [5.41, 5.74) is 0.0943. The van der Waals surface area contributed by atoms with Gasteiger partial charge in [0.25, 0.3) is 0 Å². The summed E-state index contributed by atoms with van der Waals surface area (Å²) in [5, 5.41) is 0. The number of amides is 1. The van der Waals surface area contributed by atoms with Gasteiger partial charge in [0.1, 0.15) is 5.60 Å². The molecule has 0 aliphatic carbocycles. The van der Waals surface area contributed by atoms with Crippen molar-refractivity contribution in [1.82, 2.24) is 4.90 Å². The Kier molecular flexibility index (Phi) is 5.69. The molecule has 0 aromatic heterocycles. The van der Waals surface area contributed by atoms with Gasteiger partial charge in [-0.1, -0.05) is 30.3 Å². The smallest absolute Gasteiger partial charge is 0.410 e. The number of benzene rings is 1. The molecule has 0 fully saturated rings. The van der Waals surface area contributed by atoms with Gasteiger partial charge in [-0.3, -0.25) is 4.79 Å². The molecule has 0 aliphatic rings. The van der Waals surface area contributed by atoms with Crippen molar-refractivity contribution in [2.45, 2.75) is 45.7 Å². The van der Waals surface area contributed by atoms with Crippen LogP contribution in [0.4, 0.5) is 4.79 Å². The lowest BCUT2D eigenvalue weighted by atomic mass is 10.2. The number of rotatable bonds is 6. The highest BCUT2D eigenvalue weighted by Crippen LogP contribution is 2.13. The molecule has 0 bridgehead atoms. The Hall–Kier alpha value is -2.04. The van der Waals surface area contributed by atoms with Gasteiger partial charge >= 0.3 is 12.1 Å². The minimum Gasteiger partial charge on any atom is -0.469 e. The fourth-order valence-electron chi connectivity index (χ4n) is 1.64. The standard InChI is InChI=1S/C17H25NO4/c1-17(2,3)22-16(20)18(12-8-11-15(19)21-4)13-14-9-6-5-7-10-14/h5-7,9-10H,8,11-13H2,1-4H3/i8D,12D/t8-,12-/m0/s1. The lowest BCUT2D eigenvalue weighted by Crippen LogP contribution is -2.37. The summed E-state index contributed by atoms with van der Waals surface area (Å²) in [5.74, 6) is -0.587. The number of nitrogens with zero attached hydrogens (tertiary/aromatic N) is 1. The average molecular weight is 309 g/mol. The Labute approximate surface area is 135 Å². The van der Waals surface area contributed by atoms with Crippen molar-refractivity contribution >= 4 is 12.1 Å². The Balaban J connectivity index is 2.94. The molecule has 5 nitrogen and oxygen atoms in total. The van der Waals surface area contributed by atoms with Crippen LogP contribution < -0.4 is 0 Å². The van der Waals surface area contributed by atoms with Crippen LogP contribution >= 0.6 is 0 Å². The van der Waals surface area contributed by atoms with E-state index in [1.165, 1.54) is 7.11 Å². The van der Waals surface area contributed by atoms with E-state index in [0.717, 1.165) is 10.5 Å². The van der Waals surface area contributed by atoms with Crippen LogP contribution in [0.25, 0.3) is 0 Å². The molecule has 22 heavy (non-hydrogen) atoms. The molecule has 0 unspecified atom stereocenters. The van der Waals surface area contributed by atoms with E-state index >= 15 is 0 Å². The molecule has 1 aromatic rings. The number of esters is 1. The number of hydrogen-bond acceptors (Lipinski definition) is 4. The third-order valence-electron chi connectivity index (χ3n) is 2.62. The third-order valence-corrected chi connectivity index (χ3v) is 2.62. The minimum absolute atomic E-state index is 0.125. The largest absolute Gasteiger partial charge is 0.469 e. The van der Waals surface area contributed by atoms with Gasteiger partial charge in [0.15, 0.2) is 0 Å². The first kappa shape index (κ1) is 14.9. The second-order valence-corrected chi connectivity index (χ2v) is 5.76. The summed E-state index contributed by atoms with van der Waals surface area (Å²) >= 11 is 0. The van der Waals surface area contributed by atoms with Crippen molar-refractivity contribution in [3.05, 3.63) is 35.9 Å². The second kappa shape index (κ2) is 8.41. The first-order valence-electron chi connectivity index (χ1n) is 8.24. The zero-order valence-electron chi connectivity index (χ0n) is 15.5. The summed E-state index contributed by atoms with van der Waals surface area (Å²) in [4.78, 5) is 24.9. The molecule has 2 atom stereocenters. The zero-order chi connectivity index (χ0) is 18.3. The van der Waals surface area contributed by atoms with E-state index in [1.54, 1.807) is 20.8 Å². The first-order valence-corrected chi connectivity index (χ1v) is 7.09. The highest BCUT2D eigenvalue weighted by molar-refractivity contribution is 5.70.